The maximum atomic E-state index is 12.6. The minimum absolute atomic E-state index is 0.00464. The second-order valence-corrected chi connectivity index (χ2v) is 8.15. The van der Waals surface area contributed by atoms with Crippen molar-refractivity contribution in [2.45, 2.75) is 69.6 Å². The first kappa shape index (κ1) is 19.5. The molecule has 0 spiro atoms. The third kappa shape index (κ3) is 4.69. The summed E-state index contributed by atoms with van der Waals surface area (Å²) in [6.07, 6.45) is 0.211. The number of nitrogens with zero attached hydrogens (tertiary/aromatic N) is 1. The maximum Gasteiger partial charge on any atom is 0.397 e. The molecule has 2 unspecified atom stereocenters. The topological polar surface area (TPSA) is 75.4 Å². The molecule has 0 aromatic rings. The highest BCUT2D eigenvalue weighted by atomic mass is 19.4. The Morgan fingerprint density at radius 3 is 2.15 bits per heavy atom. The smallest absolute Gasteiger partial charge is 0.353 e. The van der Waals surface area contributed by atoms with Gasteiger partial charge in [0.1, 0.15) is 6.42 Å². The van der Waals surface area contributed by atoms with Crippen molar-refractivity contribution in [1.82, 2.24) is 10.2 Å². The van der Waals surface area contributed by atoms with E-state index in [2.05, 4.69) is 5.32 Å². The van der Waals surface area contributed by atoms with Gasteiger partial charge in [0.25, 0.3) is 0 Å². The van der Waals surface area contributed by atoms with E-state index in [1.54, 1.807) is 0 Å². The predicted molar refractivity (Wildman–Crippen MR) is 89.9 cm³/mol. The van der Waals surface area contributed by atoms with Gasteiger partial charge in [0.05, 0.1) is 0 Å². The first-order chi connectivity index (χ1) is 12.2. The first-order valence-corrected chi connectivity index (χ1v) is 9.63. The van der Waals surface area contributed by atoms with Crippen LogP contribution in [0.5, 0.6) is 0 Å². The van der Waals surface area contributed by atoms with Gasteiger partial charge in [-0.1, -0.05) is 6.42 Å². The van der Waals surface area contributed by atoms with Crippen molar-refractivity contribution in [3.05, 3.63) is 0 Å². The Kier molecular flexibility index (Phi) is 5.79. The highest BCUT2D eigenvalue weighted by Crippen LogP contribution is 2.42. The van der Waals surface area contributed by atoms with Crippen LogP contribution in [0.25, 0.3) is 0 Å². The average Bonchev–Trinajstić information content (AvgIpc) is 2.53. The number of likely N-dealkylation sites (tertiary alicyclic amines) is 1. The highest BCUT2D eigenvalue weighted by molar-refractivity contribution is 5.79. The Hall–Kier alpha value is -1.31. The molecule has 26 heavy (non-hydrogen) atoms. The molecule has 2 bridgehead atoms. The summed E-state index contributed by atoms with van der Waals surface area (Å²) < 4.78 is 37.0. The van der Waals surface area contributed by atoms with Crippen molar-refractivity contribution in [3.63, 3.8) is 0 Å². The van der Waals surface area contributed by atoms with E-state index in [-0.39, 0.29) is 37.0 Å². The SMILES string of the molecule is NC1C2CCCC1CC(C(=O)NC1CCN(C(=O)CC(F)(F)F)CC1)C2. The third-order valence-electron chi connectivity index (χ3n) is 6.33. The van der Waals surface area contributed by atoms with E-state index in [4.69, 9.17) is 5.73 Å². The molecule has 1 heterocycles. The molecule has 3 rings (SSSR count). The van der Waals surface area contributed by atoms with Gasteiger partial charge >= 0.3 is 6.18 Å². The molecule has 2 saturated carbocycles. The van der Waals surface area contributed by atoms with Gasteiger partial charge in [-0.05, 0) is 50.4 Å². The first-order valence-electron chi connectivity index (χ1n) is 9.63. The van der Waals surface area contributed by atoms with Crippen LogP contribution in [0.15, 0.2) is 0 Å². The number of halogens is 3. The number of carbonyl (C=O) groups is 2. The number of amides is 2. The van der Waals surface area contributed by atoms with E-state index in [1.807, 2.05) is 0 Å². The van der Waals surface area contributed by atoms with Crippen molar-refractivity contribution >= 4 is 11.8 Å². The van der Waals surface area contributed by atoms with E-state index in [0.29, 0.717) is 24.7 Å². The van der Waals surface area contributed by atoms with Gasteiger partial charge in [0, 0.05) is 31.1 Å². The summed E-state index contributed by atoms with van der Waals surface area (Å²) in [6, 6.07) is 0.156. The van der Waals surface area contributed by atoms with Gasteiger partial charge in [0.15, 0.2) is 0 Å². The van der Waals surface area contributed by atoms with E-state index < -0.39 is 18.5 Å². The van der Waals surface area contributed by atoms with E-state index in [1.165, 1.54) is 11.3 Å². The van der Waals surface area contributed by atoms with Gasteiger partial charge < -0.3 is 16.0 Å². The number of fused-ring (bicyclic) bond motifs is 2. The van der Waals surface area contributed by atoms with Crippen LogP contribution >= 0.6 is 0 Å². The summed E-state index contributed by atoms with van der Waals surface area (Å²) in [4.78, 5) is 25.5. The molecule has 148 valence electrons. The molecule has 5 nitrogen and oxygen atoms in total. The number of alkyl halides is 3. The molecule has 0 aromatic heterocycles. The van der Waals surface area contributed by atoms with Crippen molar-refractivity contribution in [1.29, 1.82) is 0 Å². The number of hydrogen-bond acceptors (Lipinski definition) is 3. The summed E-state index contributed by atoms with van der Waals surface area (Å²) in [5.41, 5.74) is 6.27. The molecular formula is C18H28F3N3O2. The Balaban J connectivity index is 1.44. The molecule has 2 aliphatic carbocycles. The third-order valence-corrected chi connectivity index (χ3v) is 6.33. The number of hydrogen-bond donors (Lipinski definition) is 2. The van der Waals surface area contributed by atoms with Crippen LogP contribution in [0.2, 0.25) is 0 Å². The molecule has 3 fully saturated rings. The molecule has 3 aliphatic rings. The summed E-state index contributed by atoms with van der Waals surface area (Å²) in [5.74, 6) is 0.0282. The van der Waals surface area contributed by atoms with Crippen molar-refractivity contribution < 1.29 is 22.8 Å². The van der Waals surface area contributed by atoms with Gasteiger partial charge in [-0.2, -0.15) is 13.2 Å². The zero-order chi connectivity index (χ0) is 18.9. The largest absolute Gasteiger partial charge is 0.397 e. The number of carbonyl (C=O) groups excluding carboxylic acids is 2. The monoisotopic (exact) mass is 375 g/mol. The van der Waals surface area contributed by atoms with Crippen molar-refractivity contribution in [3.8, 4) is 0 Å². The summed E-state index contributed by atoms with van der Waals surface area (Å²) in [5, 5.41) is 3.06. The van der Waals surface area contributed by atoms with Crippen LogP contribution in [-0.2, 0) is 9.59 Å². The lowest BCUT2D eigenvalue weighted by Crippen LogP contribution is -2.52. The zero-order valence-electron chi connectivity index (χ0n) is 14.9. The van der Waals surface area contributed by atoms with Gasteiger partial charge in [-0.25, -0.2) is 0 Å². The summed E-state index contributed by atoms with van der Waals surface area (Å²) in [6.45, 7) is 0.529. The lowest BCUT2D eigenvalue weighted by molar-refractivity contribution is -0.162. The van der Waals surface area contributed by atoms with Crippen molar-refractivity contribution in [2.75, 3.05) is 13.1 Å². The minimum Gasteiger partial charge on any atom is -0.353 e. The Labute approximate surface area is 151 Å². The van der Waals surface area contributed by atoms with E-state index >= 15 is 0 Å². The Morgan fingerprint density at radius 1 is 1.04 bits per heavy atom. The number of nitrogens with one attached hydrogen (secondary N) is 1. The van der Waals surface area contributed by atoms with Crippen LogP contribution in [0.3, 0.4) is 0 Å². The molecule has 3 N–H and O–H groups in total. The van der Waals surface area contributed by atoms with Crippen LogP contribution < -0.4 is 11.1 Å². The van der Waals surface area contributed by atoms with Crippen molar-refractivity contribution in [2.24, 2.45) is 23.5 Å². The van der Waals surface area contributed by atoms with E-state index in [9.17, 15) is 22.8 Å². The summed E-state index contributed by atoms with van der Waals surface area (Å²) in [7, 11) is 0. The Bertz CT molecular complexity index is 518. The van der Waals surface area contributed by atoms with Crippen LogP contribution in [0.4, 0.5) is 13.2 Å². The average molecular weight is 375 g/mol. The normalized spacial score (nSPS) is 33.0. The van der Waals surface area contributed by atoms with Gasteiger partial charge in [-0.3, -0.25) is 9.59 Å². The maximum absolute atomic E-state index is 12.6. The minimum atomic E-state index is -4.47. The predicted octanol–water partition coefficient (Wildman–Crippen LogP) is 2.20. The molecule has 0 aromatic carbocycles. The lowest BCUT2D eigenvalue weighted by atomic mass is 9.65. The second kappa shape index (κ2) is 7.74. The van der Waals surface area contributed by atoms with Crippen LogP contribution in [-0.4, -0.2) is 48.1 Å². The fourth-order valence-electron chi connectivity index (χ4n) is 4.88. The fraction of sp³-hybridized carbons (Fsp3) is 0.889. The molecule has 8 heteroatoms. The van der Waals surface area contributed by atoms with Crippen LogP contribution in [0.1, 0.15) is 51.4 Å². The molecule has 2 amide bonds. The number of piperidine rings is 1. The zero-order valence-corrected chi connectivity index (χ0v) is 14.9. The Morgan fingerprint density at radius 2 is 1.62 bits per heavy atom. The molecule has 0 radical (unpaired) electrons. The highest BCUT2D eigenvalue weighted by Gasteiger charge is 2.41. The standard InChI is InChI=1S/C18H28F3N3O2/c19-18(20,21)10-15(25)24-6-4-14(5-7-24)23-17(26)13-8-11-2-1-3-12(9-13)16(11)22/h11-14,16H,1-10,22H2,(H,23,26). The fourth-order valence-corrected chi connectivity index (χ4v) is 4.88. The molecular weight excluding hydrogens is 347 g/mol. The lowest BCUT2D eigenvalue weighted by Gasteiger charge is -2.44. The number of rotatable bonds is 3. The van der Waals surface area contributed by atoms with Crippen LogP contribution in [0, 0.1) is 17.8 Å². The van der Waals surface area contributed by atoms with Gasteiger partial charge in [-0.15, -0.1) is 0 Å². The second-order valence-electron chi connectivity index (χ2n) is 8.15. The van der Waals surface area contributed by atoms with Gasteiger partial charge in [0.2, 0.25) is 11.8 Å². The molecule has 1 saturated heterocycles. The quantitative estimate of drug-likeness (QED) is 0.794. The summed E-state index contributed by atoms with van der Waals surface area (Å²) >= 11 is 0. The molecule has 1 aliphatic heterocycles. The van der Waals surface area contributed by atoms with E-state index in [0.717, 1.165) is 25.7 Å². The molecule has 2 atom stereocenters. The number of nitrogens with two attached hydrogens (primary N) is 1.